The number of benzene rings is 5. The van der Waals surface area contributed by atoms with Gasteiger partial charge in [-0.2, -0.15) is 13.2 Å². The number of urea groups is 1. The summed E-state index contributed by atoms with van der Waals surface area (Å²) < 4.78 is 120. The van der Waals surface area contributed by atoms with Crippen molar-refractivity contribution in [3.63, 3.8) is 0 Å². The van der Waals surface area contributed by atoms with Crippen molar-refractivity contribution in [1.82, 2.24) is 29.6 Å². The Hall–Kier alpha value is -6.09. The molecule has 0 saturated carbocycles. The number of alkyl halides is 3. The summed E-state index contributed by atoms with van der Waals surface area (Å²) in [5.41, 5.74) is -0.0119. The van der Waals surface area contributed by atoms with Crippen molar-refractivity contribution in [2.75, 3.05) is 132 Å². The number of carbonyl (C=O) groups is 3. The lowest BCUT2D eigenvalue weighted by Crippen LogP contribution is -2.50. The van der Waals surface area contributed by atoms with Gasteiger partial charge in [0.15, 0.2) is 0 Å². The van der Waals surface area contributed by atoms with Crippen LogP contribution in [0.4, 0.5) is 39.4 Å². The van der Waals surface area contributed by atoms with E-state index in [1.54, 1.807) is 18.2 Å². The van der Waals surface area contributed by atoms with Crippen LogP contribution in [-0.2, 0) is 29.4 Å². The van der Waals surface area contributed by atoms with Gasteiger partial charge in [0.2, 0.25) is 5.91 Å². The zero-order valence-electron chi connectivity index (χ0n) is 53.1. The Morgan fingerprint density at radius 3 is 2.21 bits per heavy atom. The highest BCUT2D eigenvalue weighted by molar-refractivity contribution is 7.99. The maximum atomic E-state index is 15.0. The summed E-state index contributed by atoms with van der Waals surface area (Å²) >= 11 is 7.84. The fraction of sp³-hybridized carbons (Fsp3) is 0.493. The maximum absolute atomic E-state index is 15.0. The minimum absolute atomic E-state index is 0.0184. The molecule has 6 aliphatic rings. The molecule has 5 saturated heterocycles. The molecule has 5 aromatic carbocycles. The number of likely N-dealkylation sites (tertiary alicyclic amines) is 2. The Kier molecular flexibility index (Phi) is 22.5. The third-order valence-corrected chi connectivity index (χ3v) is 23.8. The SMILES string of the molecule is C[C@@]1(CN2CCC(CN3CCC(c4ccc(F)c(N5CCC(=O)NC5=O)c4)CC3)CC2)CCC(c2ccc(Cl)cc2)=C(CN2CCN(c3ccc(C(=O)NS(=O)(=O)c4ccc(N[C@H](CCN5CCCOCC5)CSc5ccccc5)c(S(=O)(=O)C(F)(F)F)c4)cc3)CC2)C1. The molecule has 5 aliphatic heterocycles. The summed E-state index contributed by atoms with van der Waals surface area (Å²) in [6, 6.07) is 30.4. The summed E-state index contributed by atoms with van der Waals surface area (Å²) in [5, 5.41) is 6.02. The predicted molar refractivity (Wildman–Crippen MR) is 360 cm³/mol. The number of nitrogens with zero attached hydrogens (tertiary/aromatic N) is 6. The molecule has 0 radical (unpaired) electrons. The van der Waals surface area contributed by atoms with Gasteiger partial charge in [-0.15, -0.1) is 11.8 Å². The van der Waals surface area contributed by atoms with Gasteiger partial charge in [0.05, 0.1) is 22.9 Å². The molecule has 5 heterocycles. The van der Waals surface area contributed by atoms with Gasteiger partial charge in [-0.05, 0) is 197 Å². The molecule has 0 bridgehead atoms. The molecule has 94 heavy (non-hydrogen) atoms. The first kappa shape index (κ1) is 69.3. The maximum Gasteiger partial charge on any atom is 0.501 e. The van der Waals surface area contributed by atoms with Crippen LogP contribution in [0.1, 0.15) is 98.5 Å². The van der Waals surface area contributed by atoms with E-state index in [4.69, 9.17) is 16.3 Å². The van der Waals surface area contributed by atoms with Crippen LogP contribution >= 0.6 is 23.4 Å². The van der Waals surface area contributed by atoms with Crippen molar-refractivity contribution in [3.05, 3.63) is 148 Å². The van der Waals surface area contributed by atoms with Crippen molar-refractivity contribution in [3.8, 4) is 0 Å². The number of amides is 4. The van der Waals surface area contributed by atoms with E-state index in [2.05, 4.69) is 54.2 Å². The number of ether oxygens (including phenoxy) is 1. The van der Waals surface area contributed by atoms with Crippen molar-refractivity contribution < 1.29 is 53.5 Å². The van der Waals surface area contributed by atoms with E-state index in [0.29, 0.717) is 68.6 Å². The summed E-state index contributed by atoms with van der Waals surface area (Å²) in [6.45, 7) is 15.6. The molecule has 5 aromatic rings. The van der Waals surface area contributed by atoms with Crippen molar-refractivity contribution in [1.29, 1.82) is 0 Å². The molecule has 25 heteroatoms. The number of rotatable bonds is 22. The Bertz CT molecular complexity index is 3730. The molecular formula is C69H84ClF4N9O8S3. The number of hydrogen-bond donors (Lipinski definition) is 3. The Morgan fingerprint density at radius 1 is 0.777 bits per heavy atom. The monoisotopic (exact) mass is 1370 g/mol. The number of hydrogen-bond acceptors (Lipinski definition) is 15. The Labute approximate surface area is 558 Å². The van der Waals surface area contributed by atoms with Gasteiger partial charge >= 0.3 is 11.5 Å². The van der Waals surface area contributed by atoms with Gasteiger partial charge in [0.25, 0.3) is 25.8 Å². The zero-order valence-corrected chi connectivity index (χ0v) is 56.3. The number of sulfone groups is 1. The highest BCUT2D eigenvalue weighted by Crippen LogP contribution is 2.45. The lowest BCUT2D eigenvalue weighted by molar-refractivity contribution is -0.120. The van der Waals surface area contributed by atoms with Crippen LogP contribution in [0.25, 0.3) is 5.57 Å². The molecule has 1 aliphatic carbocycles. The number of anilines is 3. The molecule has 506 valence electrons. The van der Waals surface area contributed by atoms with Crippen LogP contribution in [0.5, 0.6) is 0 Å². The average Bonchev–Trinajstić information content (AvgIpc) is 0.834. The fourth-order valence-electron chi connectivity index (χ4n) is 14.2. The zero-order chi connectivity index (χ0) is 66.2. The second-order valence-electron chi connectivity index (χ2n) is 26.3. The van der Waals surface area contributed by atoms with Crippen LogP contribution in [0, 0.1) is 17.2 Å². The van der Waals surface area contributed by atoms with Gasteiger partial charge in [0, 0.05) is 118 Å². The largest absolute Gasteiger partial charge is 0.501 e. The lowest BCUT2D eigenvalue weighted by Gasteiger charge is -2.44. The summed E-state index contributed by atoms with van der Waals surface area (Å²) in [7, 11) is -11.0. The van der Waals surface area contributed by atoms with E-state index in [1.165, 1.54) is 51.6 Å². The quantitative estimate of drug-likeness (QED) is 0.0439. The van der Waals surface area contributed by atoms with E-state index >= 15 is 0 Å². The Balaban J connectivity index is 0.675. The summed E-state index contributed by atoms with van der Waals surface area (Å²) in [6.07, 6.45) is 8.61. The van der Waals surface area contributed by atoms with E-state index in [-0.39, 0.29) is 41.5 Å². The first-order chi connectivity index (χ1) is 45.0. The van der Waals surface area contributed by atoms with E-state index in [0.717, 1.165) is 145 Å². The third-order valence-electron chi connectivity index (χ3n) is 19.5. The van der Waals surface area contributed by atoms with Gasteiger partial charge in [-0.1, -0.05) is 60.5 Å². The predicted octanol–water partition coefficient (Wildman–Crippen LogP) is 11.4. The fourth-order valence-corrected chi connectivity index (χ4v) is 17.3. The third kappa shape index (κ3) is 17.5. The van der Waals surface area contributed by atoms with E-state index < -0.39 is 64.6 Å². The van der Waals surface area contributed by atoms with Crippen molar-refractivity contribution in [2.45, 2.75) is 103 Å². The minimum Gasteiger partial charge on any atom is -0.380 e. The molecule has 0 spiro atoms. The van der Waals surface area contributed by atoms with Gasteiger partial charge in [-0.25, -0.2) is 30.7 Å². The molecule has 11 rings (SSSR count). The first-order valence-corrected chi connectivity index (χ1v) is 37.0. The molecule has 2 atom stereocenters. The van der Waals surface area contributed by atoms with Crippen LogP contribution in [0.2, 0.25) is 5.02 Å². The van der Waals surface area contributed by atoms with Crippen molar-refractivity contribution in [2.24, 2.45) is 11.3 Å². The van der Waals surface area contributed by atoms with E-state index in [9.17, 15) is 48.8 Å². The summed E-state index contributed by atoms with van der Waals surface area (Å²) in [5.74, 6) is -0.613. The second kappa shape index (κ2) is 30.5. The standard InChI is InChI=1S/C69H84ClF4N9O8S3/c1-68(48-81-29-21-49(22-30-81)45-79-31-23-50(24-32-79)53-12-18-61(71)63(42-53)83-34-26-65(84)76-67(83)86)27-20-60(51-8-13-55(70)14-9-51)54(44-68)46-80-35-37-82(38-36-80)57-15-10-52(11-16-57)66(85)77-94(89,90)59-17-19-62(64(43-59)93(87,88)69(72,73)74)75-56(47-92-58-6-3-2-4-7-58)25-33-78-28-5-40-91-41-39-78/h2-4,6-19,42-43,49-50,56,75H,5,20-41,44-48H2,1H3,(H,77,85)(H,76,84,86)/t56-,68-/m1/s1. The number of imide groups is 1. The number of sulfonamides is 1. The highest BCUT2D eigenvalue weighted by Gasteiger charge is 2.49. The molecule has 0 aromatic heterocycles. The Morgan fingerprint density at radius 2 is 1.50 bits per heavy atom. The van der Waals surface area contributed by atoms with Gasteiger partial charge < -0.3 is 29.7 Å². The number of piperazine rings is 1. The number of piperidine rings is 2. The molecule has 0 unspecified atom stereocenters. The molecular weight excluding hydrogens is 1290 g/mol. The van der Waals surface area contributed by atoms with Crippen LogP contribution in [-0.4, -0.2) is 183 Å². The topological polar surface area (TPSA) is 184 Å². The van der Waals surface area contributed by atoms with Crippen LogP contribution in [0.15, 0.2) is 136 Å². The first-order valence-electron chi connectivity index (χ1n) is 32.7. The van der Waals surface area contributed by atoms with Gasteiger partial charge in [-0.3, -0.25) is 24.7 Å². The molecule has 3 N–H and O–H groups in total. The van der Waals surface area contributed by atoms with Crippen molar-refractivity contribution >= 4 is 83.7 Å². The van der Waals surface area contributed by atoms with Crippen LogP contribution < -0.4 is 25.2 Å². The minimum atomic E-state index is -6.10. The smallest absolute Gasteiger partial charge is 0.380 e. The number of thioether (sulfide) groups is 1. The highest BCUT2D eigenvalue weighted by atomic mass is 35.5. The number of allylic oxidation sites excluding steroid dienone is 1. The van der Waals surface area contributed by atoms with E-state index in [1.807, 2.05) is 53.3 Å². The van der Waals surface area contributed by atoms with Gasteiger partial charge in [0.1, 0.15) is 10.7 Å². The molecule has 4 amide bonds. The normalized spacial score (nSPS) is 21.3. The summed E-state index contributed by atoms with van der Waals surface area (Å²) in [4.78, 5) is 50.2. The number of nitrogens with one attached hydrogen (secondary N) is 3. The lowest BCUT2D eigenvalue weighted by atomic mass is 9.71. The number of halogens is 5. The number of carbonyl (C=O) groups excluding carboxylic acids is 3. The average molecular weight is 1380 g/mol. The second-order valence-corrected chi connectivity index (χ2v) is 31.4. The molecule has 5 fully saturated rings. The molecule has 17 nitrogen and oxygen atoms in total. The van der Waals surface area contributed by atoms with Crippen LogP contribution in [0.3, 0.4) is 0 Å².